The number of rotatable bonds is 9. The normalized spacial score (nSPS) is 12.0. The lowest BCUT2D eigenvalue weighted by molar-refractivity contribution is -0.138. The molecule has 0 radical (unpaired) electrons. The van der Waals surface area contributed by atoms with Crippen molar-refractivity contribution in [2.45, 2.75) is 38.8 Å². The Morgan fingerprint density at radius 3 is 2.25 bits per heavy atom. The Labute approximate surface area is 145 Å². The van der Waals surface area contributed by atoms with Crippen LogP contribution in [0, 0.1) is 0 Å². The highest BCUT2D eigenvalue weighted by molar-refractivity contribution is 7.98. The summed E-state index contributed by atoms with van der Waals surface area (Å²) < 4.78 is 4.99. The molecule has 0 aromatic heterocycles. The molecule has 0 rings (SSSR count). The van der Waals surface area contributed by atoms with E-state index in [1.165, 1.54) is 11.8 Å². The van der Waals surface area contributed by atoms with Crippen molar-refractivity contribution >= 4 is 35.6 Å². The van der Waals surface area contributed by atoms with Crippen molar-refractivity contribution in [1.29, 1.82) is 0 Å². The summed E-state index contributed by atoms with van der Waals surface area (Å²) in [7, 11) is 0. The molecule has 24 heavy (non-hydrogen) atoms. The molecule has 0 aromatic rings. The summed E-state index contributed by atoms with van der Waals surface area (Å²) in [6.45, 7) is 4.20. The Kier molecular flexibility index (Phi) is 9.86. The van der Waals surface area contributed by atoms with Gasteiger partial charge < -0.3 is 25.8 Å². The number of ether oxygens (including phenoxy) is 1. The van der Waals surface area contributed by atoms with Gasteiger partial charge in [0.1, 0.15) is 24.7 Å². The predicted molar refractivity (Wildman–Crippen MR) is 89.8 cm³/mol. The third-order valence-corrected chi connectivity index (χ3v) is 3.11. The van der Waals surface area contributed by atoms with E-state index in [1.807, 2.05) is 6.26 Å². The predicted octanol–water partition coefficient (Wildman–Crippen LogP) is -0.0502. The summed E-state index contributed by atoms with van der Waals surface area (Å²) in [5, 5.41) is 15.5. The summed E-state index contributed by atoms with van der Waals surface area (Å²) >= 11 is 1.49. The van der Waals surface area contributed by atoms with Crippen LogP contribution in [0.3, 0.4) is 0 Å². The average Bonchev–Trinajstić information content (AvgIpc) is 2.45. The molecule has 0 aliphatic heterocycles. The van der Waals surface area contributed by atoms with Crippen LogP contribution in [0.4, 0.5) is 4.79 Å². The van der Waals surface area contributed by atoms with E-state index in [4.69, 9.17) is 9.84 Å². The minimum Gasteiger partial charge on any atom is -0.480 e. The smallest absolute Gasteiger partial charge is 0.408 e. The second-order valence-electron chi connectivity index (χ2n) is 5.87. The van der Waals surface area contributed by atoms with Gasteiger partial charge in [0.25, 0.3) is 0 Å². The van der Waals surface area contributed by atoms with Gasteiger partial charge in [-0.3, -0.25) is 14.4 Å². The van der Waals surface area contributed by atoms with Gasteiger partial charge in [-0.2, -0.15) is 11.8 Å². The van der Waals surface area contributed by atoms with Crippen molar-refractivity contribution < 1.29 is 29.0 Å². The Morgan fingerprint density at radius 1 is 1.12 bits per heavy atom. The molecule has 0 spiro atoms. The number of carbonyl (C=O) groups excluding carboxylic acids is 3. The molecule has 138 valence electrons. The number of alkyl carbamates (subject to hydrolysis) is 1. The van der Waals surface area contributed by atoms with Gasteiger partial charge in [-0.15, -0.1) is 0 Å². The van der Waals surface area contributed by atoms with Gasteiger partial charge in [0.2, 0.25) is 11.8 Å². The fourth-order valence-corrected chi connectivity index (χ4v) is 1.97. The van der Waals surface area contributed by atoms with E-state index in [-0.39, 0.29) is 6.54 Å². The van der Waals surface area contributed by atoms with Gasteiger partial charge in [-0.1, -0.05) is 0 Å². The summed E-state index contributed by atoms with van der Waals surface area (Å²) in [4.78, 5) is 45.7. The molecule has 0 aromatic carbocycles. The number of carboxylic acids is 1. The van der Waals surface area contributed by atoms with Gasteiger partial charge in [-0.05, 0) is 39.2 Å². The van der Waals surface area contributed by atoms with E-state index in [9.17, 15) is 19.2 Å². The average molecular weight is 363 g/mol. The number of hydrogen-bond acceptors (Lipinski definition) is 6. The summed E-state index contributed by atoms with van der Waals surface area (Å²) in [5.41, 5.74) is -0.682. The lowest BCUT2D eigenvalue weighted by Gasteiger charge is -2.20. The second-order valence-corrected chi connectivity index (χ2v) is 6.85. The highest BCUT2D eigenvalue weighted by atomic mass is 32.2. The fraction of sp³-hybridized carbons (Fsp3) is 0.714. The Morgan fingerprint density at radius 2 is 1.75 bits per heavy atom. The number of carboxylic acid groups (broad SMARTS) is 1. The van der Waals surface area contributed by atoms with Crippen LogP contribution in [0.15, 0.2) is 0 Å². The Balaban J connectivity index is 4.45. The van der Waals surface area contributed by atoms with Crippen LogP contribution in [0.25, 0.3) is 0 Å². The van der Waals surface area contributed by atoms with Crippen molar-refractivity contribution in [3.63, 3.8) is 0 Å². The zero-order chi connectivity index (χ0) is 18.8. The van der Waals surface area contributed by atoms with Gasteiger partial charge >= 0.3 is 12.1 Å². The van der Waals surface area contributed by atoms with E-state index in [0.717, 1.165) is 0 Å². The number of nitrogens with one attached hydrogen (secondary N) is 3. The number of hydrogen-bond donors (Lipinski definition) is 4. The van der Waals surface area contributed by atoms with Crippen LogP contribution in [-0.4, -0.2) is 65.7 Å². The first-order valence-electron chi connectivity index (χ1n) is 7.30. The van der Waals surface area contributed by atoms with Crippen molar-refractivity contribution in [3.05, 3.63) is 0 Å². The molecule has 0 fully saturated rings. The van der Waals surface area contributed by atoms with Crippen LogP contribution in [0.2, 0.25) is 0 Å². The minimum absolute atomic E-state index is 0.338. The van der Waals surface area contributed by atoms with Crippen molar-refractivity contribution in [2.24, 2.45) is 0 Å². The maximum Gasteiger partial charge on any atom is 0.408 e. The lowest BCUT2D eigenvalue weighted by Crippen LogP contribution is -2.50. The third-order valence-electron chi connectivity index (χ3n) is 2.47. The van der Waals surface area contributed by atoms with Crippen LogP contribution < -0.4 is 16.0 Å². The first-order valence-corrected chi connectivity index (χ1v) is 8.69. The van der Waals surface area contributed by atoms with E-state index in [0.29, 0.717) is 12.2 Å². The van der Waals surface area contributed by atoms with Crippen LogP contribution in [0.1, 0.15) is 27.2 Å². The monoisotopic (exact) mass is 363 g/mol. The van der Waals surface area contributed by atoms with Gasteiger partial charge in [0, 0.05) is 0 Å². The van der Waals surface area contributed by atoms with E-state index < -0.39 is 42.1 Å². The van der Waals surface area contributed by atoms with Crippen molar-refractivity contribution in [1.82, 2.24) is 16.0 Å². The molecule has 1 atom stereocenters. The standard InChI is InChI=1S/C14H25N3O6S/c1-14(2,3)23-13(22)16-7-10(18)17-9(5-6-24-4)12(21)15-8-11(19)20/h9H,5-8H2,1-4H3,(H,15,21)(H,16,22)(H,17,18)(H,19,20)/t9-/m0/s1. The lowest BCUT2D eigenvalue weighted by atomic mass is 10.2. The molecule has 0 bridgehead atoms. The van der Waals surface area contributed by atoms with E-state index >= 15 is 0 Å². The summed E-state index contributed by atoms with van der Waals surface area (Å²) in [6.07, 6.45) is 1.44. The molecule has 0 heterocycles. The van der Waals surface area contributed by atoms with E-state index in [2.05, 4.69) is 16.0 Å². The quantitative estimate of drug-likeness (QED) is 0.451. The zero-order valence-corrected chi connectivity index (χ0v) is 15.1. The molecule has 0 aliphatic rings. The topological polar surface area (TPSA) is 134 Å². The molecule has 0 unspecified atom stereocenters. The zero-order valence-electron chi connectivity index (χ0n) is 14.3. The van der Waals surface area contributed by atoms with Crippen molar-refractivity contribution in [3.8, 4) is 0 Å². The molecule has 4 N–H and O–H groups in total. The van der Waals surface area contributed by atoms with Crippen LogP contribution in [0.5, 0.6) is 0 Å². The van der Waals surface area contributed by atoms with Crippen LogP contribution in [-0.2, 0) is 19.1 Å². The first-order chi connectivity index (χ1) is 11.0. The molecular formula is C14H25N3O6S. The van der Waals surface area contributed by atoms with Gasteiger partial charge in [0.15, 0.2) is 0 Å². The first kappa shape index (κ1) is 22.0. The minimum atomic E-state index is -1.18. The van der Waals surface area contributed by atoms with Gasteiger partial charge in [-0.25, -0.2) is 4.79 Å². The van der Waals surface area contributed by atoms with E-state index in [1.54, 1.807) is 20.8 Å². The molecule has 3 amide bonds. The Bertz CT molecular complexity index is 464. The fourth-order valence-electron chi connectivity index (χ4n) is 1.50. The maximum atomic E-state index is 11.9. The molecule has 10 heteroatoms. The number of aliphatic carboxylic acids is 1. The number of thioether (sulfide) groups is 1. The molecule has 0 saturated heterocycles. The van der Waals surface area contributed by atoms with Gasteiger partial charge in [0.05, 0.1) is 0 Å². The highest BCUT2D eigenvalue weighted by Crippen LogP contribution is 2.06. The molecular weight excluding hydrogens is 338 g/mol. The largest absolute Gasteiger partial charge is 0.480 e. The third kappa shape index (κ3) is 11.6. The highest BCUT2D eigenvalue weighted by Gasteiger charge is 2.22. The molecule has 0 saturated carbocycles. The summed E-state index contributed by atoms with van der Waals surface area (Å²) in [5.74, 6) is -1.73. The summed E-state index contributed by atoms with van der Waals surface area (Å²) in [6, 6.07) is -0.871. The molecule has 9 nitrogen and oxygen atoms in total. The SMILES string of the molecule is CSCC[C@H](NC(=O)CNC(=O)OC(C)(C)C)C(=O)NCC(=O)O. The number of carbonyl (C=O) groups is 4. The van der Waals surface area contributed by atoms with Crippen LogP contribution >= 0.6 is 11.8 Å². The molecule has 0 aliphatic carbocycles. The second kappa shape index (κ2) is 10.7. The Hall–Kier alpha value is -1.97. The number of amides is 3. The van der Waals surface area contributed by atoms with Crippen molar-refractivity contribution in [2.75, 3.05) is 25.1 Å². The maximum absolute atomic E-state index is 11.9.